The lowest BCUT2D eigenvalue weighted by Crippen LogP contribution is -2.30. The second-order valence-corrected chi connectivity index (χ2v) is 8.34. The van der Waals surface area contributed by atoms with E-state index in [0.717, 1.165) is 0 Å². The van der Waals surface area contributed by atoms with Gasteiger partial charge in [-0.2, -0.15) is 4.98 Å². The fourth-order valence-electron chi connectivity index (χ4n) is 3.79. The van der Waals surface area contributed by atoms with Gasteiger partial charge in [0, 0.05) is 38.5 Å². The summed E-state index contributed by atoms with van der Waals surface area (Å²) in [5.74, 6) is 0.310. The van der Waals surface area contributed by atoms with E-state index in [2.05, 4.69) is 19.7 Å². The molecule has 2 aromatic heterocycles. The number of thiol groups is 1. The molecule has 1 aliphatic heterocycles. The summed E-state index contributed by atoms with van der Waals surface area (Å²) in [5.41, 5.74) is 1.86. The van der Waals surface area contributed by atoms with E-state index in [0.29, 0.717) is 59.9 Å². The van der Waals surface area contributed by atoms with Gasteiger partial charge in [0.25, 0.3) is 0 Å². The second kappa shape index (κ2) is 9.17. The van der Waals surface area contributed by atoms with Gasteiger partial charge in [0.1, 0.15) is 24.1 Å². The van der Waals surface area contributed by atoms with Crippen molar-refractivity contribution in [2.75, 3.05) is 13.1 Å². The number of ether oxygens (including phenoxy) is 1. The van der Waals surface area contributed by atoms with Crippen molar-refractivity contribution in [2.45, 2.75) is 32.4 Å². The fourth-order valence-corrected chi connectivity index (χ4v) is 4.10. The lowest BCUT2D eigenvalue weighted by Gasteiger charge is -2.16. The number of halogens is 1. The molecule has 1 amide bonds. The number of hydrogen-bond donors (Lipinski definition) is 2. The average Bonchev–Trinajstić information content (AvgIpc) is 3.37. The minimum Gasteiger partial charge on any atom is -0.471 e. The monoisotopic (exact) mass is 462 g/mol. The average molecular weight is 463 g/mol. The fraction of sp³-hybridized carbons (Fsp3) is 0.400. The van der Waals surface area contributed by atoms with Crippen LogP contribution in [0.1, 0.15) is 25.3 Å². The molecule has 1 atom stereocenters. The van der Waals surface area contributed by atoms with Crippen molar-refractivity contribution < 1.29 is 22.3 Å². The van der Waals surface area contributed by atoms with Gasteiger partial charge < -0.3 is 14.2 Å². The maximum Gasteiger partial charge on any atom is 0.245 e. The van der Waals surface area contributed by atoms with Crippen molar-refractivity contribution in [2.24, 2.45) is 7.05 Å². The Bertz CT molecular complexity index is 1240. The molecule has 1 fully saturated rings. The Labute approximate surface area is 185 Å². The molecule has 10 nitrogen and oxygen atoms in total. The van der Waals surface area contributed by atoms with Crippen molar-refractivity contribution in [3.05, 3.63) is 35.9 Å². The first-order valence-corrected chi connectivity index (χ1v) is 11.3. The van der Waals surface area contributed by atoms with Crippen molar-refractivity contribution >= 4 is 28.0 Å². The van der Waals surface area contributed by atoms with Gasteiger partial charge in [0.05, 0.1) is 6.54 Å². The summed E-state index contributed by atoms with van der Waals surface area (Å²) in [7, 11) is -1.05. The normalized spacial score (nSPS) is 16.2. The maximum absolute atomic E-state index is 14.2. The molecule has 32 heavy (non-hydrogen) atoms. The Balaban J connectivity index is 1.64. The highest BCUT2D eigenvalue weighted by Crippen LogP contribution is 2.29. The Morgan fingerprint density at radius 1 is 1.31 bits per heavy atom. The molecule has 4 rings (SSSR count). The number of nitrogens with one attached hydrogen (secondary N) is 1. The van der Waals surface area contributed by atoms with Crippen LogP contribution in [0.3, 0.4) is 0 Å². The lowest BCUT2D eigenvalue weighted by molar-refractivity contribution is -0.130. The first-order chi connectivity index (χ1) is 15.4. The van der Waals surface area contributed by atoms with Crippen molar-refractivity contribution in [3.63, 3.8) is 0 Å². The summed E-state index contributed by atoms with van der Waals surface area (Å²) >= 11 is 0. The molecule has 3 heterocycles. The molecule has 1 N–H and O–H groups in total. The molecule has 12 heteroatoms. The molecule has 3 aromatic rings. The predicted octanol–water partition coefficient (Wildman–Crippen LogP) is 1.18. The molecule has 0 bridgehead atoms. The van der Waals surface area contributed by atoms with E-state index in [1.54, 1.807) is 22.6 Å². The molecule has 0 unspecified atom stereocenters. The zero-order valence-corrected chi connectivity index (χ0v) is 18.5. The lowest BCUT2D eigenvalue weighted by atomic mass is 10.1. The number of fused-ring (bicyclic) bond motifs is 1. The third kappa shape index (κ3) is 4.55. The number of amides is 1. The number of carbonyl (C=O) groups is 1. The van der Waals surface area contributed by atoms with Gasteiger partial charge in [-0.25, -0.2) is 27.5 Å². The number of nitrogens with zero attached hydrogens (tertiary/aromatic N) is 5. The standard InChI is InChI=1S/C20H23FN6O4S/c1-3-16(28)27-5-4-15(10-27)31-20-17-19(22-11-23-20)26(2)18(25-17)13-6-12(7-14(21)8-13)9-24-32(29)30/h6-8,11,15,32H,3-5,9-10H2,1-2H3,(H,24,29,30)/t15-/m0/s1. The van der Waals surface area contributed by atoms with Gasteiger partial charge in [0.2, 0.25) is 22.7 Å². The van der Waals surface area contributed by atoms with E-state index in [4.69, 9.17) is 4.74 Å². The number of hydrogen-bond acceptors (Lipinski definition) is 7. The van der Waals surface area contributed by atoms with Gasteiger partial charge in [-0.05, 0) is 23.8 Å². The number of benzene rings is 1. The quantitative estimate of drug-likeness (QED) is 0.506. The molecule has 170 valence electrons. The van der Waals surface area contributed by atoms with Crippen LogP contribution in [-0.4, -0.2) is 57.9 Å². The highest BCUT2D eigenvalue weighted by molar-refractivity contribution is 7.70. The Morgan fingerprint density at radius 3 is 2.88 bits per heavy atom. The van der Waals surface area contributed by atoms with Crippen LogP contribution in [0.4, 0.5) is 4.39 Å². The third-order valence-electron chi connectivity index (χ3n) is 5.33. The SMILES string of the molecule is CCC(=O)N1CC[C@H](Oc2ncnc3c2nc(-c2cc(F)cc(CN[SH](=O)=O)c2)n3C)C1. The molecule has 0 aliphatic carbocycles. The van der Waals surface area contributed by atoms with E-state index >= 15 is 0 Å². The summed E-state index contributed by atoms with van der Waals surface area (Å²) in [5, 5.41) is 0. The van der Waals surface area contributed by atoms with Gasteiger partial charge in [-0.3, -0.25) is 4.79 Å². The number of likely N-dealkylation sites (tertiary alicyclic amines) is 1. The topological polar surface area (TPSA) is 119 Å². The molecular formula is C20H23FN6O4S. The van der Waals surface area contributed by atoms with Crippen molar-refractivity contribution in [1.82, 2.24) is 29.1 Å². The van der Waals surface area contributed by atoms with E-state index in [1.807, 2.05) is 6.92 Å². The van der Waals surface area contributed by atoms with E-state index in [1.165, 1.54) is 18.5 Å². The Hall–Kier alpha value is -3.12. The molecule has 1 aromatic carbocycles. The maximum atomic E-state index is 14.2. The van der Waals surface area contributed by atoms with Gasteiger partial charge in [-0.1, -0.05) is 6.92 Å². The summed E-state index contributed by atoms with van der Waals surface area (Å²) in [4.78, 5) is 26.8. The zero-order chi connectivity index (χ0) is 22.8. The third-order valence-corrected chi connectivity index (χ3v) is 5.75. The Kier molecular flexibility index (Phi) is 6.33. The largest absolute Gasteiger partial charge is 0.471 e. The van der Waals surface area contributed by atoms with Crippen LogP contribution in [0, 0.1) is 5.82 Å². The molecule has 1 aliphatic rings. The Morgan fingerprint density at radius 2 is 2.12 bits per heavy atom. The minimum absolute atomic E-state index is 0.0315. The van der Waals surface area contributed by atoms with Crippen LogP contribution >= 0.6 is 0 Å². The number of aryl methyl sites for hydroxylation is 1. The molecule has 0 saturated carbocycles. The first-order valence-electron chi connectivity index (χ1n) is 10.1. The van der Waals surface area contributed by atoms with Crippen LogP contribution in [-0.2, 0) is 29.3 Å². The van der Waals surface area contributed by atoms with Crippen LogP contribution in [0.2, 0.25) is 0 Å². The summed E-state index contributed by atoms with van der Waals surface area (Å²) in [6, 6.07) is 4.24. The van der Waals surface area contributed by atoms with Crippen LogP contribution < -0.4 is 9.46 Å². The second-order valence-electron chi connectivity index (χ2n) is 7.51. The summed E-state index contributed by atoms with van der Waals surface area (Å²) in [6.07, 6.45) is 2.32. The van der Waals surface area contributed by atoms with Gasteiger partial charge >= 0.3 is 0 Å². The predicted molar refractivity (Wildman–Crippen MR) is 115 cm³/mol. The summed E-state index contributed by atoms with van der Waals surface area (Å²) < 4.78 is 45.8. The molecule has 1 saturated heterocycles. The van der Waals surface area contributed by atoms with Crippen LogP contribution in [0.15, 0.2) is 24.5 Å². The first kappa shape index (κ1) is 22.1. The van der Waals surface area contributed by atoms with E-state index in [-0.39, 0.29) is 18.6 Å². The van der Waals surface area contributed by atoms with Gasteiger partial charge in [0.15, 0.2) is 11.2 Å². The number of carbonyl (C=O) groups excluding carboxylic acids is 1. The molecular weight excluding hydrogens is 439 g/mol. The molecule has 0 spiro atoms. The van der Waals surface area contributed by atoms with Crippen LogP contribution in [0.25, 0.3) is 22.6 Å². The van der Waals surface area contributed by atoms with Crippen LogP contribution in [0.5, 0.6) is 5.88 Å². The zero-order valence-electron chi connectivity index (χ0n) is 17.6. The smallest absolute Gasteiger partial charge is 0.245 e. The highest BCUT2D eigenvalue weighted by Gasteiger charge is 2.28. The number of imidazole rings is 1. The highest BCUT2D eigenvalue weighted by atomic mass is 32.2. The van der Waals surface area contributed by atoms with Crippen molar-refractivity contribution in [3.8, 4) is 17.3 Å². The summed E-state index contributed by atoms with van der Waals surface area (Å²) in [6.45, 7) is 2.92. The minimum atomic E-state index is -2.79. The van der Waals surface area contributed by atoms with E-state index < -0.39 is 16.7 Å². The van der Waals surface area contributed by atoms with Gasteiger partial charge in [-0.15, -0.1) is 0 Å². The van der Waals surface area contributed by atoms with E-state index in [9.17, 15) is 17.6 Å². The number of aromatic nitrogens is 4. The molecule has 0 radical (unpaired) electrons. The van der Waals surface area contributed by atoms with Crippen molar-refractivity contribution in [1.29, 1.82) is 0 Å². The number of rotatable bonds is 7.